The molecular weight excluding hydrogens is 164 g/mol. The first-order valence-corrected chi connectivity index (χ1v) is 4.57. The molecule has 0 aromatic carbocycles. The van der Waals surface area contributed by atoms with Gasteiger partial charge in [0, 0.05) is 19.5 Å². The van der Waals surface area contributed by atoms with E-state index in [2.05, 4.69) is 16.4 Å². The number of hydrogen-bond donors (Lipinski definition) is 1. The number of rotatable bonds is 2. The fourth-order valence-corrected chi connectivity index (χ4v) is 1.78. The first kappa shape index (κ1) is 8.66. The molecule has 0 saturated carbocycles. The minimum absolute atomic E-state index is 0.322. The maximum Gasteiger partial charge on any atom is 0.0658 e. The number of ether oxygens (including phenoxy) is 1. The smallest absolute Gasteiger partial charge is 0.0658 e. The van der Waals surface area contributed by atoms with Crippen LogP contribution in [0.2, 0.25) is 0 Å². The van der Waals surface area contributed by atoms with Gasteiger partial charge in [-0.15, -0.1) is 0 Å². The van der Waals surface area contributed by atoms with Crippen LogP contribution in [-0.2, 0) is 11.2 Å². The minimum atomic E-state index is 0.322. The summed E-state index contributed by atoms with van der Waals surface area (Å²) < 4.78 is 5.15. The van der Waals surface area contributed by atoms with E-state index in [1.807, 2.05) is 12.4 Å². The third kappa shape index (κ3) is 1.71. The molecule has 0 saturated heterocycles. The number of nitrogens with zero attached hydrogens (tertiary/aromatic N) is 1. The van der Waals surface area contributed by atoms with E-state index in [0.29, 0.717) is 6.04 Å². The second-order valence-electron chi connectivity index (χ2n) is 3.29. The Hall–Kier alpha value is -0.930. The fraction of sp³-hybridized carbons (Fsp3) is 0.500. The molecule has 3 nitrogen and oxygen atoms in total. The highest BCUT2D eigenvalue weighted by molar-refractivity contribution is 5.29. The van der Waals surface area contributed by atoms with Crippen LogP contribution in [0.15, 0.2) is 18.5 Å². The predicted molar refractivity (Wildman–Crippen MR) is 50.6 cm³/mol. The molecule has 0 fully saturated rings. The van der Waals surface area contributed by atoms with Crippen molar-refractivity contribution < 1.29 is 4.74 Å². The molecule has 1 aromatic rings. The van der Waals surface area contributed by atoms with E-state index < -0.39 is 0 Å². The van der Waals surface area contributed by atoms with Gasteiger partial charge in [-0.2, -0.15) is 0 Å². The normalized spacial score (nSPS) is 21.2. The lowest BCUT2D eigenvalue weighted by Crippen LogP contribution is -2.32. The highest BCUT2D eigenvalue weighted by atomic mass is 16.5. The van der Waals surface area contributed by atoms with Gasteiger partial charge in [-0.3, -0.25) is 4.98 Å². The number of aromatic nitrogens is 1. The van der Waals surface area contributed by atoms with Gasteiger partial charge in [0.1, 0.15) is 0 Å². The van der Waals surface area contributed by atoms with E-state index in [0.717, 1.165) is 19.6 Å². The van der Waals surface area contributed by atoms with E-state index in [9.17, 15) is 0 Å². The van der Waals surface area contributed by atoms with Crippen LogP contribution < -0.4 is 5.32 Å². The van der Waals surface area contributed by atoms with Crippen LogP contribution in [0.25, 0.3) is 0 Å². The van der Waals surface area contributed by atoms with Crippen molar-refractivity contribution in [2.24, 2.45) is 0 Å². The van der Waals surface area contributed by atoms with Gasteiger partial charge in [-0.25, -0.2) is 0 Å². The van der Waals surface area contributed by atoms with Gasteiger partial charge in [0.15, 0.2) is 0 Å². The van der Waals surface area contributed by atoms with Crippen LogP contribution in [0.4, 0.5) is 0 Å². The predicted octanol–water partition coefficient (Wildman–Crippen LogP) is 0.915. The standard InChI is InChI=1S/C10H14N2O/c1-13-7-10-9-6-11-4-2-8(9)3-5-12-10/h2,4,6,10,12H,3,5,7H2,1H3. The van der Waals surface area contributed by atoms with Crippen LogP contribution in [-0.4, -0.2) is 25.2 Å². The SMILES string of the molecule is COCC1NCCc2ccncc21. The monoisotopic (exact) mass is 178 g/mol. The molecule has 0 amide bonds. The third-order valence-corrected chi connectivity index (χ3v) is 2.44. The molecule has 1 aliphatic rings. The van der Waals surface area contributed by atoms with Crippen LogP contribution in [0.1, 0.15) is 17.2 Å². The molecule has 2 heterocycles. The first-order chi connectivity index (χ1) is 6.42. The van der Waals surface area contributed by atoms with Gasteiger partial charge in [-0.1, -0.05) is 0 Å². The Morgan fingerprint density at radius 3 is 3.46 bits per heavy atom. The molecule has 2 rings (SSSR count). The summed E-state index contributed by atoms with van der Waals surface area (Å²) in [6.07, 6.45) is 4.89. The Balaban J connectivity index is 2.26. The van der Waals surface area contributed by atoms with Crippen LogP contribution >= 0.6 is 0 Å². The highest BCUT2D eigenvalue weighted by Gasteiger charge is 2.18. The number of pyridine rings is 1. The molecular formula is C10H14N2O. The maximum atomic E-state index is 5.15. The highest BCUT2D eigenvalue weighted by Crippen LogP contribution is 2.21. The first-order valence-electron chi connectivity index (χ1n) is 4.57. The lowest BCUT2D eigenvalue weighted by molar-refractivity contribution is 0.164. The number of methoxy groups -OCH3 is 1. The van der Waals surface area contributed by atoms with Crippen molar-refractivity contribution >= 4 is 0 Å². The molecule has 0 bridgehead atoms. The second-order valence-corrected chi connectivity index (χ2v) is 3.29. The van der Waals surface area contributed by atoms with Gasteiger partial charge in [-0.05, 0) is 30.2 Å². The number of hydrogen-bond acceptors (Lipinski definition) is 3. The summed E-state index contributed by atoms with van der Waals surface area (Å²) in [5.41, 5.74) is 2.69. The molecule has 1 N–H and O–H groups in total. The van der Waals surface area contributed by atoms with Crippen LogP contribution in [0.5, 0.6) is 0 Å². The molecule has 0 radical (unpaired) electrons. The van der Waals surface area contributed by atoms with E-state index in [1.165, 1.54) is 11.1 Å². The van der Waals surface area contributed by atoms with Crippen LogP contribution in [0, 0.1) is 0 Å². The summed E-state index contributed by atoms with van der Waals surface area (Å²) in [6, 6.07) is 2.42. The molecule has 1 aromatic heterocycles. The summed E-state index contributed by atoms with van der Waals surface area (Å²) in [4.78, 5) is 4.13. The van der Waals surface area contributed by atoms with E-state index in [4.69, 9.17) is 4.74 Å². The van der Waals surface area contributed by atoms with Crippen molar-refractivity contribution in [3.63, 3.8) is 0 Å². The van der Waals surface area contributed by atoms with Crippen molar-refractivity contribution in [1.29, 1.82) is 0 Å². The average Bonchev–Trinajstić information content (AvgIpc) is 2.19. The van der Waals surface area contributed by atoms with E-state index >= 15 is 0 Å². The molecule has 3 heteroatoms. The minimum Gasteiger partial charge on any atom is -0.383 e. The summed E-state index contributed by atoms with van der Waals surface area (Å²) in [7, 11) is 1.73. The van der Waals surface area contributed by atoms with Gasteiger partial charge >= 0.3 is 0 Å². The summed E-state index contributed by atoms with van der Waals surface area (Å²) in [6.45, 7) is 1.75. The van der Waals surface area contributed by atoms with Gasteiger partial charge in [0.25, 0.3) is 0 Å². The zero-order chi connectivity index (χ0) is 9.10. The number of nitrogens with one attached hydrogen (secondary N) is 1. The zero-order valence-corrected chi connectivity index (χ0v) is 7.79. The Morgan fingerprint density at radius 1 is 1.69 bits per heavy atom. The number of fused-ring (bicyclic) bond motifs is 1. The Kier molecular flexibility index (Phi) is 2.57. The zero-order valence-electron chi connectivity index (χ0n) is 7.79. The topological polar surface area (TPSA) is 34.1 Å². The Labute approximate surface area is 78.1 Å². The van der Waals surface area contributed by atoms with Crippen molar-refractivity contribution in [1.82, 2.24) is 10.3 Å². The van der Waals surface area contributed by atoms with E-state index in [1.54, 1.807) is 7.11 Å². The van der Waals surface area contributed by atoms with Crippen molar-refractivity contribution in [2.75, 3.05) is 20.3 Å². The average molecular weight is 178 g/mol. The van der Waals surface area contributed by atoms with Gasteiger partial charge in [0.05, 0.1) is 12.6 Å². The molecule has 1 aliphatic heterocycles. The van der Waals surface area contributed by atoms with Crippen molar-refractivity contribution in [3.8, 4) is 0 Å². The lowest BCUT2D eigenvalue weighted by Gasteiger charge is -2.25. The quantitative estimate of drug-likeness (QED) is 0.731. The third-order valence-electron chi connectivity index (χ3n) is 2.44. The Bertz CT molecular complexity index is 288. The molecule has 13 heavy (non-hydrogen) atoms. The fourth-order valence-electron chi connectivity index (χ4n) is 1.78. The molecule has 0 spiro atoms. The summed E-state index contributed by atoms with van der Waals surface area (Å²) in [5.74, 6) is 0. The Morgan fingerprint density at radius 2 is 2.62 bits per heavy atom. The van der Waals surface area contributed by atoms with Crippen LogP contribution in [0.3, 0.4) is 0 Å². The second kappa shape index (κ2) is 3.85. The van der Waals surface area contributed by atoms with E-state index in [-0.39, 0.29) is 0 Å². The molecule has 1 atom stereocenters. The van der Waals surface area contributed by atoms with Crippen molar-refractivity contribution in [3.05, 3.63) is 29.6 Å². The van der Waals surface area contributed by atoms with Gasteiger partial charge in [0.2, 0.25) is 0 Å². The lowest BCUT2D eigenvalue weighted by atomic mass is 9.97. The van der Waals surface area contributed by atoms with Gasteiger partial charge < -0.3 is 10.1 Å². The molecule has 1 unspecified atom stereocenters. The largest absolute Gasteiger partial charge is 0.383 e. The summed E-state index contributed by atoms with van der Waals surface area (Å²) in [5, 5.41) is 3.41. The van der Waals surface area contributed by atoms with Crippen molar-refractivity contribution in [2.45, 2.75) is 12.5 Å². The maximum absolute atomic E-state index is 5.15. The molecule has 0 aliphatic carbocycles. The summed E-state index contributed by atoms with van der Waals surface area (Å²) >= 11 is 0. The molecule has 70 valence electrons.